The first-order valence-corrected chi connectivity index (χ1v) is 6.86. The maximum absolute atomic E-state index is 12.4. The molecule has 0 bridgehead atoms. The zero-order chi connectivity index (χ0) is 16.3. The van der Waals surface area contributed by atoms with Gasteiger partial charge in [-0.25, -0.2) is 0 Å². The summed E-state index contributed by atoms with van der Waals surface area (Å²) in [6, 6.07) is 3.25. The molecule has 0 spiro atoms. The van der Waals surface area contributed by atoms with Crippen molar-refractivity contribution in [3.63, 3.8) is 0 Å². The average molecular weight is 353 g/mol. The Morgan fingerprint density at radius 3 is 2.41 bits per heavy atom. The average Bonchev–Trinajstić information content (AvgIpc) is 2.69. The number of thioether (sulfide) groups is 1. The van der Waals surface area contributed by atoms with E-state index in [1.165, 1.54) is 12.1 Å². The highest BCUT2D eigenvalue weighted by Gasteiger charge is 2.23. The Morgan fingerprint density at radius 1 is 1.18 bits per heavy atom. The molecule has 0 unspecified atom stereocenters. The van der Waals surface area contributed by atoms with Gasteiger partial charge in [0.25, 0.3) is 5.91 Å². The number of rotatable bonds is 5. The number of hydrogen-bond acceptors (Lipinski definition) is 5. The topological polar surface area (TPSA) is 47.6 Å². The largest absolute Gasteiger partial charge is 0.435 e. The van der Waals surface area contributed by atoms with Crippen LogP contribution in [0.5, 0.6) is 11.5 Å². The first kappa shape index (κ1) is 16.6. The van der Waals surface area contributed by atoms with Crippen molar-refractivity contribution < 1.29 is 31.8 Å². The predicted molar refractivity (Wildman–Crippen MR) is 76.0 cm³/mol. The Hall–Kier alpha value is -1.81. The molecule has 0 saturated carbocycles. The molecule has 0 aliphatic carbocycles. The molecule has 118 valence electrons. The van der Waals surface area contributed by atoms with Crippen molar-refractivity contribution in [3.05, 3.63) is 28.7 Å². The highest BCUT2D eigenvalue weighted by atomic mass is 32.2. The van der Waals surface area contributed by atoms with Crippen LogP contribution in [0.1, 0.15) is 5.56 Å². The number of amides is 1. The number of ether oxygens (including phenoxy) is 2. The van der Waals surface area contributed by atoms with Crippen molar-refractivity contribution >= 4 is 40.3 Å². The second-order valence-corrected chi connectivity index (χ2v) is 5.53. The summed E-state index contributed by atoms with van der Waals surface area (Å²) in [5.41, 5.74) is 0.101. The van der Waals surface area contributed by atoms with Crippen molar-refractivity contribution in [3.8, 4) is 11.5 Å². The fourth-order valence-corrected chi connectivity index (χ4v) is 2.61. The molecular weight excluding hydrogens is 346 g/mol. The van der Waals surface area contributed by atoms with Gasteiger partial charge in [0, 0.05) is 11.6 Å². The fraction of sp³-hybridized carbons (Fsp3) is 0.167. The summed E-state index contributed by atoms with van der Waals surface area (Å²) >= 11 is 5.74. The van der Waals surface area contributed by atoms with Crippen molar-refractivity contribution in [1.29, 1.82) is 0 Å². The quantitative estimate of drug-likeness (QED) is 0.500. The Labute approximate surface area is 131 Å². The summed E-state index contributed by atoms with van der Waals surface area (Å²) < 4.78 is 57.7. The second kappa shape index (κ2) is 6.97. The Bertz CT molecular complexity index is 637. The van der Waals surface area contributed by atoms with Crippen molar-refractivity contribution in [2.75, 3.05) is 0 Å². The third-order valence-electron chi connectivity index (χ3n) is 2.35. The molecule has 1 fully saturated rings. The molecule has 22 heavy (non-hydrogen) atoms. The fourth-order valence-electron chi connectivity index (χ4n) is 1.57. The number of carbonyl (C=O) groups excluding carboxylic acids is 1. The van der Waals surface area contributed by atoms with Crippen LogP contribution in [-0.4, -0.2) is 23.5 Å². The summed E-state index contributed by atoms with van der Waals surface area (Å²) in [6.45, 7) is -6.26. The third kappa shape index (κ3) is 4.34. The van der Waals surface area contributed by atoms with Gasteiger partial charge in [-0.2, -0.15) is 17.6 Å². The van der Waals surface area contributed by atoms with Crippen LogP contribution in [-0.2, 0) is 4.79 Å². The van der Waals surface area contributed by atoms with E-state index in [1.807, 2.05) is 0 Å². The number of hydrogen-bond donors (Lipinski definition) is 1. The monoisotopic (exact) mass is 353 g/mol. The zero-order valence-electron chi connectivity index (χ0n) is 10.5. The number of benzene rings is 1. The summed E-state index contributed by atoms with van der Waals surface area (Å²) in [6.07, 6.45) is 1.27. The van der Waals surface area contributed by atoms with Gasteiger partial charge < -0.3 is 14.8 Å². The predicted octanol–water partition coefficient (Wildman–Crippen LogP) is 3.38. The van der Waals surface area contributed by atoms with Gasteiger partial charge >= 0.3 is 13.2 Å². The van der Waals surface area contributed by atoms with E-state index in [4.69, 9.17) is 12.2 Å². The van der Waals surface area contributed by atoms with Gasteiger partial charge in [0.1, 0.15) is 15.8 Å². The van der Waals surface area contributed by atoms with Crippen LogP contribution in [0.3, 0.4) is 0 Å². The van der Waals surface area contributed by atoms with E-state index in [2.05, 4.69) is 14.8 Å². The van der Waals surface area contributed by atoms with Crippen LogP contribution in [0.25, 0.3) is 6.08 Å². The Morgan fingerprint density at radius 2 is 1.86 bits per heavy atom. The van der Waals surface area contributed by atoms with Gasteiger partial charge in [0.2, 0.25) is 0 Å². The zero-order valence-corrected chi connectivity index (χ0v) is 12.2. The number of nitrogens with one attached hydrogen (secondary N) is 1. The van der Waals surface area contributed by atoms with Crippen molar-refractivity contribution in [2.24, 2.45) is 0 Å². The maximum Gasteiger partial charge on any atom is 0.387 e. The van der Waals surface area contributed by atoms with E-state index in [9.17, 15) is 22.4 Å². The Balaban J connectivity index is 2.35. The lowest BCUT2D eigenvalue weighted by Gasteiger charge is -2.11. The van der Waals surface area contributed by atoms with E-state index in [0.29, 0.717) is 0 Å². The van der Waals surface area contributed by atoms with Crippen LogP contribution in [0, 0.1) is 0 Å². The van der Waals surface area contributed by atoms with E-state index in [1.54, 1.807) is 0 Å². The number of carbonyl (C=O) groups is 1. The smallest absolute Gasteiger partial charge is 0.387 e. The minimum atomic E-state index is -3.16. The minimum Gasteiger partial charge on any atom is -0.435 e. The molecule has 1 aliphatic rings. The number of alkyl halides is 4. The van der Waals surface area contributed by atoms with E-state index >= 15 is 0 Å². The van der Waals surface area contributed by atoms with Crippen LogP contribution >= 0.6 is 24.0 Å². The summed E-state index contributed by atoms with van der Waals surface area (Å²) in [5, 5.41) is 2.36. The molecule has 1 aromatic carbocycles. The SMILES string of the molecule is O=C1NC(=S)S/C1=C\c1ccc(OC(F)F)cc1OC(F)F. The number of halogens is 4. The molecule has 1 aromatic rings. The molecule has 1 aliphatic heterocycles. The van der Waals surface area contributed by atoms with Crippen LogP contribution in [0.2, 0.25) is 0 Å². The van der Waals surface area contributed by atoms with Gasteiger partial charge in [-0.15, -0.1) is 0 Å². The van der Waals surface area contributed by atoms with Crippen molar-refractivity contribution in [1.82, 2.24) is 5.32 Å². The lowest BCUT2D eigenvalue weighted by atomic mass is 10.1. The van der Waals surface area contributed by atoms with E-state index in [-0.39, 0.29) is 20.5 Å². The highest BCUT2D eigenvalue weighted by Crippen LogP contribution is 2.32. The molecule has 1 saturated heterocycles. The Kier molecular flexibility index (Phi) is 5.24. The molecule has 1 amide bonds. The lowest BCUT2D eigenvalue weighted by Crippen LogP contribution is -2.17. The maximum atomic E-state index is 12.4. The second-order valence-electron chi connectivity index (χ2n) is 3.81. The van der Waals surface area contributed by atoms with E-state index < -0.39 is 24.9 Å². The normalized spacial score (nSPS) is 16.5. The molecule has 0 atom stereocenters. The molecule has 0 radical (unpaired) electrons. The van der Waals surface area contributed by atoms with Gasteiger partial charge in [0.05, 0.1) is 4.91 Å². The van der Waals surface area contributed by atoms with E-state index in [0.717, 1.165) is 23.9 Å². The van der Waals surface area contributed by atoms with Gasteiger partial charge in [0.15, 0.2) is 0 Å². The first-order valence-electron chi connectivity index (χ1n) is 5.63. The standard InChI is InChI=1S/C12H7F4NO3S2/c13-10(14)19-6-2-1-5(7(4-6)20-11(15)16)3-8-9(18)17-12(21)22-8/h1-4,10-11H,(H,17,18,21)/b8-3-. The lowest BCUT2D eigenvalue weighted by molar-refractivity contribution is -0.115. The highest BCUT2D eigenvalue weighted by molar-refractivity contribution is 8.26. The molecule has 0 aromatic heterocycles. The summed E-state index contributed by atoms with van der Waals surface area (Å²) in [5.74, 6) is -1.22. The molecule has 10 heteroatoms. The van der Waals surface area contributed by atoms with Gasteiger partial charge in [-0.1, -0.05) is 24.0 Å². The van der Waals surface area contributed by atoms with Gasteiger partial charge in [-0.3, -0.25) is 4.79 Å². The number of thiocarbonyl (C=S) groups is 1. The van der Waals surface area contributed by atoms with Crippen molar-refractivity contribution in [2.45, 2.75) is 13.2 Å². The van der Waals surface area contributed by atoms with Crippen LogP contribution in [0.15, 0.2) is 23.1 Å². The summed E-state index contributed by atoms with van der Waals surface area (Å²) in [4.78, 5) is 11.7. The van der Waals surface area contributed by atoms with Crippen LogP contribution < -0.4 is 14.8 Å². The first-order chi connectivity index (χ1) is 10.3. The molecule has 2 rings (SSSR count). The summed E-state index contributed by atoms with van der Waals surface area (Å²) in [7, 11) is 0. The van der Waals surface area contributed by atoms with Gasteiger partial charge in [-0.05, 0) is 18.2 Å². The molecule has 1 N–H and O–H groups in total. The van der Waals surface area contributed by atoms with Crippen LogP contribution in [0.4, 0.5) is 17.6 Å². The molecular formula is C12H7F4NO3S2. The minimum absolute atomic E-state index is 0.101. The molecule has 1 heterocycles. The third-order valence-corrected chi connectivity index (χ3v) is 3.52. The molecule has 4 nitrogen and oxygen atoms in total.